The highest BCUT2D eigenvalue weighted by Crippen LogP contribution is 2.26. The molecule has 3 atom stereocenters. The third-order valence-electron chi connectivity index (χ3n) is 4.55. The van der Waals surface area contributed by atoms with Crippen LogP contribution in [0, 0.1) is 5.92 Å². The maximum absolute atomic E-state index is 12.6. The lowest BCUT2D eigenvalue weighted by Gasteiger charge is -2.34. The molecule has 1 fully saturated rings. The zero-order chi connectivity index (χ0) is 22.9. The number of aliphatic hydroxyl groups is 1. The molecule has 4 N–H and O–H groups in total. The Morgan fingerprint density at radius 3 is 2.50 bits per heavy atom. The second-order valence-corrected chi connectivity index (χ2v) is 9.69. The topological polar surface area (TPSA) is 170 Å². The van der Waals surface area contributed by atoms with Gasteiger partial charge in [0, 0.05) is 38.8 Å². The third-order valence-corrected chi connectivity index (χ3v) is 5.50. The fraction of sp³-hybridized carbons (Fsp3) is 0.667. The highest BCUT2D eigenvalue weighted by Gasteiger charge is 2.35. The van der Waals surface area contributed by atoms with E-state index in [-0.39, 0.29) is 24.0 Å². The predicted octanol–water partition coefficient (Wildman–Crippen LogP) is -0.460. The van der Waals surface area contributed by atoms with Crippen molar-refractivity contribution in [3.8, 4) is 0 Å². The summed E-state index contributed by atoms with van der Waals surface area (Å²) in [6.07, 6.45) is 3.08. The number of nitrogens with zero attached hydrogens (tertiary/aromatic N) is 2. The van der Waals surface area contributed by atoms with E-state index in [2.05, 4.69) is 15.5 Å². The van der Waals surface area contributed by atoms with Crippen LogP contribution in [0.3, 0.4) is 0 Å². The maximum atomic E-state index is 12.6. The van der Waals surface area contributed by atoms with Crippen molar-refractivity contribution in [2.45, 2.75) is 51.3 Å². The summed E-state index contributed by atoms with van der Waals surface area (Å²) in [5.74, 6) is -1.86. The minimum atomic E-state index is -3.23. The van der Waals surface area contributed by atoms with Crippen LogP contribution in [0.25, 0.3) is 0 Å². The first-order valence-corrected chi connectivity index (χ1v) is 11.5. The van der Waals surface area contributed by atoms with E-state index in [1.807, 2.05) is 0 Å². The quantitative estimate of drug-likeness (QED) is 0.436. The van der Waals surface area contributed by atoms with Gasteiger partial charge in [0.2, 0.25) is 11.8 Å². The summed E-state index contributed by atoms with van der Waals surface area (Å²) in [4.78, 5) is 35.2. The number of hydrogen-bond acceptors (Lipinski definition) is 7. The van der Waals surface area contributed by atoms with Gasteiger partial charge in [-0.2, -0.15) is 5.10 Å². The van der Waals surface area contributed by atoms with Crippen molar-refractivity contribution in [3.05, 3.63) is 18.0 Å². The summed E-state index contributed by atoms with van der Waals surface area (Å²) >= 11 is 0. The Labute approximate surface area is 175 Å². The first-order chi connectivity index (χ1) is 13.9. The molecule has 1 aromatic rings. The number of sulfone groups is 1. The molecule has 1 aliphatic rings. The van der Waals surface area contributed by atoms with Gasteiger partial charge in [0.15, 0.2) is 0 Å². The fourth-order valence-electron chi connectivity index (χ4n) is 3.11. The van der Waals surface area contributed by atoms with Crippen molar-refractivity contribution in [2.75, 3.05) is 19.1 Å². The molecule has 12 heteroatoms. The number of carboxylic acids is 1. The van der Waals surface area contributed by atoms with E-state index in [1.165, 1.54) is 0 Å². The van der Waals surface area contributed by atoms with E-state index >= 15 is 0 Å². The molecule has 1 aromatic heterocycles. The fourth-order valence-corrected chi connectivity index (χ4v) is 3.67. The first-order valence-electron chi connectivity index (χ1n) is 9.47. The van der Waals surface area contributed by atoms with Gasteiger partial charge in [0.05, 0.1) is 30.1 Å². The van der Waals surface area contributed by atoms with E-state index < -0.39 is 33.9 Å². The van der Waals surface area contributed by atoms with Gasteiger partial charge in [0.1, 0.15) is 9.84 Å². The minimum absolute atomic E-state index is 0.0538. The second kappa shape index (κ2) is 11.6. The molecule has 11 nitrogen and oxygen atoms in total. The van der Waals surface area contributed by atoms with Crippen LogP contribution in [0.1, 0.15) is 38.3 Å². The molecular formula is C18H30N4O7S. The molecule has 0 spiro atoms. The van der Waals surface area contributed by atoms with Gasteiger partial charge in [-0.15, -0.1) is 0 Å². The standard InChI is InChI=1S/C16H26N4O5S.C2H4O2/c1-20(10-12-5-7-17-19-12)16(23)11-3-4-14(21)13(9-11)18-15(22)6-8-26(2,24)25;1-2(3)4/h5,7,11,13-14,21H,3-4,6,8-10H2,1-2H3,(H,17,19)(H,18,22);1H3,(H,3,4)/t11-,13+,14+;/m0./s1. The molecule has 1 heterocycles. The van der Waals surface area contributed by atoms with Crippen LogP contribution in [0.4, 0.5) is 0 Å². The lowest BCUT2D eigenvalue weighted by atomic mass is 9.83. The smallest absolute Gasteiger partial charge is 0.300 e. The molecular weight excluding hydrogens is 416 g/mol. The number of aliphatic carboxylic acids is 1. The van der Waals surface area contributed by atoms with Gasteiger partial charge < -0.3 is 20.4 Å². The predicted molar refractivity (Wildman–Crippen MR) is 108 cm³/mol. The molecule has 170 valence electrons. The van der Waals surface area contributed by atoms with Crippen LogP contribution in [0.2, 0.25) is 0 Å². The second-order valence-electron chi connectivity index (χ2n) is 7.43. The lowest BCUT2D eigenvalue weighted by Crippen LogP contribution is -2.49. The van der Waals surface area contributed by atoms with Crippen LogP contribution >= 0.6 is 0 Å². The van der Waals surface area contributed by atoms with E-state index in [1.54, 1.807) is 24.2 Å². The molecule has 0 unspecified atom stereocenters. The first kappa shape index (κ1) is 25.6. The number of rotatable bonds is 7. The molecule has 2 rings (SSSR count). The molecule has 0 bridgehead atoms. The zero-order valence-corrected chi connectivity index (χ0v) is 18.2. The number of carbonyl (C=O) groups is 3. The summed E-state index contributed by atoms with van der Waals surface area (Å²) in [7, 11) is -1.52. The number of aromatic nitrogens is 2. The monoisotopic (exact) mass is 446 g/mol. The molecule has 1 aliphatic carbocycles. The normalized spacial score (nSPS) is 21.1. The number of H-pyrrole nitrogens is 1. The summed E-state index contributed by atoms with van der Waals surface area (Å²) in [5, 5.41) is 26.9. The molecule has 2 amide bonds. The van der Waals surface area contributed by atoms with Gasteiger partial charge in [-0.3, -0.25) is 19.5 Å². The Hall–Kier alpha value is -2.47. The number of carbonyl (C=O) groups excluding carboxylic acids is 2. The molecule has 0 saturated heterocycles. The number of amides is 2. The van der Waals surface area contributed by atoms with Gasteiger partial charge in [-0.05, 0) is 25.3 Å². The van der Waals surface area contributed by atoms with Crippen molar-refractivity contribution < 1.29 is 33.0 Å². The number of nitrogens with one attached hydrogen (secondary N) is 2. The Morgan fingerprint density at radius 1 is 1.33 bits per heavy atom. The summed E-state index contributed by atoms with van der Waals surface area (Å²) in [6.45, 7) is 1.49. The highest BCUT2D eigenvalue weighted by atomic mass is 32.2. The van der Waals surface area contributed by atoms with Crippen molar-refractivity contribution in [2.24, 2.45) is 5.92 Å². The average molecular weight is 447 g/mol. The number of aromatic amines is 1. The molecule has 0 aromatic carbocycles. The largest absolute Gasteiger partial charge is 0.481 e. The van der Waals surface area contributed by atoms with Crippen LogP contribution in [-0.2, 0) is 30.8 Å². The summed E-state index contributed by atoms with van der Waals surface area (Å²) < 4.78 is 22.3. The van der Waals surface area contributed by atoms with Crippen molar-refractivity contribution in [1.82, 2.24) is 20.4 Å². The van der Waals surface area contributed by atoms with Gasteiger partial charge in [-0.1, -0.05) is 0 Å². The van der Waals surface area contributed by atoms with Crippen molar-refractivity contribution in [3.63, 3.8) is 0 Å². The SMILES string of the molecule is CC(=O)O.CN(Cc1ccn[nH]1)C(=O)[C@H]1CC[C@@H](O)[C@H](NC(=O)CCS(C)(=O)=O)C1. The Kier molecular flexibility index (Phi) is 9.93. The molecule has 1 saturated carbocycles. The highest BCUT2D eigenvalue weighted by molar-refractivity contribution is 7.90. The summed E-state index contributed by atoms with van der Waals surface area (Å²) in [6, 6.07) is 1.24. The Bertz CT molecular complexity index is 807. The molecule has 0 aliphatic heterocycles. The van der Waals surface area contributed by atoms with Crippen molar-refractivity contribution >= 4 is 27.6 Å². The van der Waals surface area contributed by atoms with Gasteiger partial charge in [-0.25, -0.2) is 8.42 Å². The van der Waals surface area contributed by atoms with E-state index in [4.69, 9.17) is 9.90 Å². The maximum Gasteiger partial charge on any atom is 0.300 e. The van der Waals surface area contributed by atoms with E-state index in [0.717, 1.165) is 18.9 Å². The Morgan fingerprint density at radius 2 is 1.97 bits per heavy atom. The lowest BCUT2D eigenvalue weighted by molar-refractivity contribution is -0.138. The molecule has 30 heavy (non-hydrogen) atoms. The van der Waals surface area contributed by atoms with Crippen LogP contribution in [0.5, 0.6) is 0 Å². The van der Waals surface area contributed by atoms with E-state index in [9.17, 15) is 23.1 Å². The van der Waals surface area contributed by atoms with Crippen molar-refractivity contribution in [1.29, 1.82) is 0 Å². The molecule has 0 radical (unpaired) electrons. The van der Waals surface area contributed by atoms with Crippen LogP contribution in [-0.4, -0.2) is 82.7 Å². The Balaban J connectivity index is 0.00000103. The van der Waals surface area contributed by atoms with Crippen LogP contribution < -0.4 is 5.32 Å². The van der Waals surface area contributed by atoms with E-state index in [0.29, 0.717) is 25.8 Å². The van der Waals surface area contributed by atoms with Gasteiger partial charge >= 0.3 is 0 Å². The third kappa shape index (κ3) is 9.83. The minimum Gasteiger partial charge on any atom is -0.481 e. The number of aliphatic hydroxyl groups excluding tert-OH is 1. The zero-order valence-electron chi connectivity index (χ0n) is 17.4. The van der Waals surface area contributed by atoms with Crippen LogP contribution in [0.15, 0.2) is 12.3 Å². The average Bonchev–Trinajstić information content (AvgIpc) is 3.13. The summed E-state index contributed by atoms with van der Waals surface area (Å²) in [5.41, 5.74) is 0.822. The van der Waals surface area contributed by atoms with Gasteiger partial charge in [0.25, 0.3) is 5.97 Å². The number of hydrogen-bond donors (Lipinski definition) is 4. The number of carboxylic acid groups (broad SMARTS) is 1.